The summed E-state index contributed by atoms with van der Waals surface area (Å²) in [4.78, 5) is 23.2. The van der Waals surface area contributed by atoms with Crippen LogP contribution in [0.3, 0.4) is 0 Å². The molecule has 6 nitrogen and oxygen atoms in total. The summed E-state index contributed by atoms with van der Waals surface area (Å²) in [6, 6.07) is 7.09. The zero-order chi connectivity index (χ0) is 19.5. The van der Waals surface area contributed by atoms with Crippen LogP contribution in [-0.2, 0) is 16.0 Å². The first-order valence-corrected chi connectivity index (χ1v) is 8.57. The maximum Gasteiger partial charge on any atom is 0.408 e. The molecule has 0 spiro atoms. The molecule has 0 saturated heterocycles. The normalized spacial score (nSPS) is 12.5. The highest BCUT2D eigenvalue weighted by atomic mass is 35.5. The van der Waals surface area contributed by atoms with Crippen LogP contribution in [0.25, 0.3) is 11.3 Å². The van der Waals surface area contributed by atoms with Crippen molar-refractivity contribution in [3.05, 3.63) is 46.1 Å². The Hall–Kier alpha value is -2.18. The fraction of sp³-hybridized carbons (Fsp3) is 0.333. The third kappa shape index (κ3) is 5.68. The molecule has 2 aromatic rings. The average Bonchev–Trinajstić information content (AvgIpc) is 2.92. The van der Waals surface area contributed by atoms with E-state index in [1.165, 1.54) is 0 Å². The first-order chi connectivity index (χ1) is 12.0. The second kappa shape index (κ2) is 8.01. The van der Waals surface area contributed by atoms with E-state index in [1.807, 2.05) is 0 Å². The molecule has 1 amide bonds. The molecular weight excluding hydrogens is 381 g/mol. The van der Waals surface area contributed by atoms with Crippen LogP contribution in [-0.4, -0.2) is 28.8 Å². The topological polar surface area (TPSA) is 88.8 Å². The molecule has 0 saturated carbocycles. The van der Waals surface area contributed by atoms with E-state index >= 15 is 0 Å². The number of carboxylic acid groups (broad SMARTS) is 1. The van der Waals surface area contributed by atoms with Crippen LogP contribution in [0.5, 0.6) is 0 Å². The molecule has 1 heterocycles. The predicted molar refractivity (Wildman–Crippen MR) is 98.7 cm³/mol. The fourth-order valence-corrected chi connectivity index (χ4v) is 2.67. The van der Waals surface area contributed by atoms with E-state index in [4.69, 9.17) is 32.4 Å². The van der Waals surface area contributed by atoms with Gasteiger partial charge in [0.25, 0.3) is 0 Å². The Morgan fingerprint density at radius 3 is 2.50 bits per heavy atom. The Balaban J connectivity index is 2.11. The zero-order valence-electron chi connectivity index (χ0n) is 14.5. The van der Waals surface area contributed by atoms with Crippen LogP contribution < -0.4 is 5.32 Å². The lowest BCUT2D eigenvalue weighted by atomic mass is 10.1. The van der Waals surface area contributed by atoms with Gasteiger partial charge in [0, 0.05) is 17.0 Å². The van der Waals surface area contributed by atoms with E-state index in [2.05, 4.69) is 5.32 Å². The summed E-state index contributed by atoms with van der Waals surface area (Å²) in [6.07, 6.45) is -0.850. The third-order valence-corrected chi connectivity index (χ3v) is 3.80. The number of benzene rings is 1. The van der Waals surface area contributed by atoms with Crippen LogP contribution in [0, 0.1) is 0 Å². The second-order valence-electron chi connectivity index (χ2n) is 6.63. The summed E-state index contributed by atoms with van der Waals surface area (Å²) >= 11 is 12.0. The van der Waals surface area contributed by atoms with Crippen molar-refractivity contribution in [2.45, 2.75) is 38.8 Å². The maximum absolute atomic E-state index is 11.8. The molecule has 2 rings (SSSR count). The van der Waals surface area contributed by atoms with E-state index in [0.717, 1.165) is 0 Å². The highest BCUT2D eigenvalue weighted by Gasteiger charge is 2.25. The van der Waals surface area contributed by atoms with Crippen molar-refractivity contribution in [1.82, 2.24) is 5.32 Å². The van der Waals surface area contributed by atoms with Crippen molar-refractivity contribution in [3.8, 4) is 11.3 Å². The van der Waals surface area contributed by atoms with E-state index in [0.29, 0.717) is 27.1 Å². The van der Waals surface area contributed by atoms with Gasteiger partial charge in [0.2, 0.25) is 0 Å². The standard InChI is InChI=1S/C18H19Cl2NO5/c1-18(2,3)26-17(24)21-14(16(22)23)9-11-5-7-15(25-11)12-6-4-10(19)8-13(12)20/h4-8,14H,9H2,1-3H3,(H,21,24)(H,22,23). The summed E-state index contributed by atoms with van der Waals surface area (Å²) in [6.45, 7) is 5.07. The molecular formula is C18H19Cl2NO5. The van der Waals surface area contributed by atoms with E-state index in [-0.39, 0.29) is 6.42 Å². The van der Waals surface area contributed by atoms with E-state index < -0.39 is 23.7 Å². The van der Waals surface area contributed by atoms with Crippen molar-refractivity contribution in [2.24, 2.45) is 0 Å². The molecule has 0 aliphatic rings. The van der Waals surface area contributed by atoms with Crippen LogP contribution in [0.15, 0.2) is 34.7 Å². The minimum absolute atomic E-state index is 0.0419. The molecule has 1 atom stereocenters. The van der Waals surface area contributed by atoms with Crippen molar-refractivity contribution >= 4 is 35.3 Å². The number of alkyl carbamates (subject to hydrolysis) is 1. The van der Waals surface area contributed by atoms with Gasteiger partial charge in [0.05, 0.1) is 5.02 Å². The zero-order valence-corrected chi connectivity index (χ0v) is 16.0. The molecule has 2 N–H and O–H groups in total. The minimum Gasteiger partial charge on any atom is -0.480 e. The van der Waals surface area contributed by atoms with Gasteiger partial charge in [-0.15, -0.1) is 0 Å². The van der Waals surface area contributed by atoms with Gasteiger partial charge < -0.3 is 19.6 Å². The number of carbonyl (C=O) groups is 2. The summed E-state index contributed by atoms with van der Waals surface area (Å²) in [5.74, 6) is -0.337. The van der Waals surface area contributed by atoms with Crippen molar-refractivity contribution in [1.29, 1.82) is 0 Å². The Labute approximate surface area is 161 Å². The third-order valence-electron chi connectivity index (χ3n) is 3.25. The fourth-order valence-electron chi connectivity index (χ4n) is 2.17. The molecule has 0 aliphatic carbocycles. The summed E-state index contributed by atoms with van der Waals surface area (Å²) in [7, 11) is 0. The molecule has 1 unspecified atom stereocenters. The number of ether oxygens (including phenoxy) is 1. The van der Waals surface area contributed by atoms with Crippen LogP contribution >= 0.6 is 23.2 Å². The van der Waals surface area contributed by atoms with Crippen LogP contribution in [0.1, 0.15) is 26.5 Å². The number of hydrogen-bond acceptors (Lipinski definition) is 4. The van der Waals surface area contributed by atoms with Gasteiger partial charge in [-0.05, 0) is 51.1 Å². The first-order valence-electron chi connectivity index (χ1n) is 7.81. The first kappa shape index (κ1) is 20.1. The highest BCUT2D eigenvalue weighted by Crippen LogP contribution is 2.31. The Morgan fingerprint density at radius 2 is 1.92 bits per heavy atom. The van der Waals surface area contributed by atoms with Crippen LogP contribution in [0.2, 0.25) is 10.0 Å². The molecule has 140 valence electrons. The minimum atomic E-state index is -1.20. The number of carbonyl (C=O) groups excluding carboxylic acids is 1. The lowest BCUT2D eigenvalue weighted by molar-refractivity contribution is -0.139. The van der Waals surface area contributed by atoms with Gasteiger partial charge >= 0.3 is 12.1 Å². The van der Waals surface area contributed by atoms with Crippen molar-refractivity contribution in [2.75, 3.05) is 0 Å². The molecule has 1 aromatic carbocycles. The Bertz CT molecular complexity index is 810. The monoisotopic (exact) mass is 399 g/mol. The summed E-state index contributed by atoms with van der Waals surface area (Å²) in [5.41, 5.74) is -0.0923. The number of carboxylic acids is 1. The van der Waals surface area contributed by atoms with Gasteiger partial charge in [-0.2, -0.15) is 0 Å². The van der Waals surface area contributed by atoms with Gasteiger partial charge in [-0.1, -0.05) is 23.2 Å². The molecule has 1 aromatic heterocycles. The number of hydrogen-bond donors (Lipinski definition) is 2. The smallest absolute Gasteiger partial charge is 0.408 e. The molecule has 0 bridgehead atoms. The summed E-state index contributed by atoms with van der Waals surface area (Å²) in [5, 5.41) is 12.6. The molecule has 8 heteroatoms. The lowest BCUT2D eigenvalue weighted by Gasteiger charge is -2.21. The number of rotatable bonds is 5. The van der Waals surface area contributed by atoms with Crippen molar-refractivity contribution in [3.63, 3.8) is 0 Å². The van der Waals surface area contributed by atoms with E-state index in [9.17, 15) is 14.7 Å². The Morgan fingerprint density at radius 1 is 1.23 bits per heavy atom. The van der Waals surface area contributed by atoms with Gasteiger partial charge in [0.1, 0.15) is 23.2 Å². The summed E-state index contributed by atoms with van der Waals surface area (Å²) < 4.78 is 10.8. The molecule has 26 heavy (non-hydrogen) atoms. The molecule has 0 aliphatic heterocycles. The SMILES string of the molecule is CC(C)(C)OC(=O)NC(Cc1ccc(-c2ccc(Cl)cc2Cl)o1)C(=O)O. The number of amides is 1. The number of furan rings is 1. The van der Waals surface area contributed by atoms with Gasteiger partial charge in [-0.3, -0.25) is 0 Å². The number of halogens is 2. The molecule has 0 fully saturated rings. The number of aliphatic carboxylic acids is 1. The maximum atomic E-state index is 11.8. The average molecular weight is 400 g/mol. The van der Waals surface area contributed by atoms with Crippen LogP contribution in [0.4, 0.5) is 4.79 Å². The lowest BCUT2D eigenvalue weighted by Crippen LogP contribution is -2.44. The van der Waals surface area contributed by atoms with Gasteiger partial charge in [0.15, 0.2) is 0 Å². The number of nitrogens with one attached hydrogen (secondary N) is 1. The van der Waals surface area contributed by atoms with Crippen molar-refractivity contribution < 1.29 is 23.8 Å². The largest absolute Gasteiger partial charge is 0.480 e. The predicted octanol–water partition coefficient (Wildman–Crippen LogP) is 4.77. The molecule has 0 radical (unpaired) electrons. The quantitative estimate of drug-likeness (QED) is 0.755. The highest BCUT2D eigenvalue weighted by molar-refractivity contribution is 6.36. The van der Waals surface area contributed by atoms with E-state index in [1.54, 1.807) is 51.1 Å². The second-order valence-corrected chi connectivity index (χ2v) is 7.47. The Kier molecular flexibility index (Phi) is 6.21. The van der Waals surface area contributed by atoms with Gasteiger partial charge in [-0.25, -0.2) is 9.59 Å².